The van der Waals surface area contributed by atoms with Crippen LogP contribution in [0.15, 0.2) is 120 Å². The summed E-state index contributed by atoms with van der Waals surface area (Å²) in [6.07, 6.45) is 0. The molecule has 0 N–H and O–H groups in total. The fourth-order valence-corrected chi connectivity index (χ4v) is 10.9. The average molecular weight is 874 g/mol. The van der Waals surface area contributed by atoms with Crippen molar-refractivity contribution in [3.05, 3.63) is 143 Å². The number of hydrogen-bond acceptors (Lipinski definition) is 5. The maximum atomic E-state index is 6.45. The van der Waals surface area contributed by atoms with Crippen LogP contribution in [0.5, 0.6) is 0 Å². The van der Waals surface area contributed by atoms with E-state index in [2.05, 4.69) is 229 Å². The highest BCUT2D eigenvalue weighted by Gasteiger charge is 2.47. The van der Waals surface area contributed by atoms with Crippen LogP contribution in [0.25, 0.3) is 32.5 Å². The lowest BCUT2D eigenvalue weighted by molar-refractivity contribution is 0.589. The molecule has 65 heavy (non-hydrogen) atoms. The maximum Gasteiger partial charge on any atom is 0.276 e. The second kappa shape index (κ2) is 14.5. The second-order valence-corrected chi connectivity index (χ2v) is 24.9. The topological polar surface area (TPSA) is 32.5 Å². The summed E-state index contributed by atoms with van der Waals surface area (Å²) >= 11 is 1.81. The lowest BCUT2D eigenvalue weighted by atomic mass is 9.35. The molecular formula is C59H64BN3OS. The molecule has 0 saturated carbocycles. The van der Waals surface area contributed by atoms with Crippen LogP contribution in [-0.2, 0) is 27.1 Å². The number of nitrogens with zero attached hydrogens (tertiary/aromatic N) is 3. The molecule has 8 aromatic rings. The number of rotatable bonds is 3. The van der Waals surface area contributed by atoms with E-state index in [4.69, 9.17) is 9.40 Å². The fraction of sp³-hybridized carbons (Fsp3) is 0.339. The van der Waals surface area contributed by atoms with E-state index in [1.165, 1.54) is 60.8 Å². The van der Waals surface area contributed by atoms with Crippen LogP contribution >= 0.6 is 11.3 Å². The summed E-state index contributed by atoms with van der Waals surface area (Å²) in [7, 11) is 0. The van der Waals surface area contributed by atoms with E-state index in [0.29, 0.717) is 0 Å². The molecule has 0 atom stereocenters. The Morgan fingerprint density at radius 1 is 0.446 bits per heavy atom. The molecule has 0 spiro atoms. The van der Waals surface area contributed by atoms with Gasteiger partial charge in [0.2, 0.25) is 0 Å². The Morgan fingerprint density at radius 3 is 1.46 bits per heavy atom. The molecule has 2 aromatic heterocycles. The maximum absolute atomic E-state index is 6.45. The third-order valence-corrected chi connectivity index (χ3v) is 15.0. The number of thiazole rings is 1. The van der Waals surface area contributed by atoms with Gasteiger partial charge in [-0.05, 0) is 139 Å². The number of aromatic nitrogens is 1. The Kier molecular flexibility index (Phi) is 9.63. The zero-order valence-electron chi connectivity index (χ0n) is 41.2. The van der Waals surface area contributed by atoms with Crippen LogP contribution in [-0.4, -0.2) is 11.7 Å². The van der Waals surface area contributed by atoms with E-state index in [1.807, 2.05) is 11.3 Å². The van der Waals surface area contributed by atoms with Crippen molar-refractivity contribution >= 4 is 89.9 Å². The summed E-state index contributed by atoms with van der Waals surface area (Å²) in [5, 5.41) is 4.45. The molecule has 4 heterocycles. The molecule has 2 aliphatic heterocycles. The van der Waals surface area contributed by atoms with Gasteiger partial charge in [0.25, 0.3) is 6.71 Å². The van der Waals surface area contributed by atoms with Gasteiger partial charge in [0, 0.05) is 44.8 Å². The summed E-state index contributed by atoms with van der Waals surface area (Å²) in [6.45, 7) is 34.5. The van der Waals surface area contributed by atoms with Gasteiger partial charge < -0.3 is 14.2 Å². The van der Waals surface area contributed by atoms with E-state index < -0.39 is 0 Å². The molecule has 6 aromatic carbocycles. The minimum absolute atomic E-state index is 0.0214. The molecule has 0 bridgehead atoms. The number of fused-ring (bicyclic) bond motifs is 7. The highest BCUT2D eigenvalue weighted by atomic mass is 32.1. The molecule has 0 saturated heterocycles. The first-order valence-electron chi connectivity index (χ1n) is 23.5. The summed E-state index contributed by atoms with van der Waals surface area (Å²) in [5.74, 6) is 0. The van der Waals surface area contributed by atoms with Crippen molar-refractivity contribution in [2.75, 3.05) is 9.80 Å². The summed E-state index contributed by atoms with van der Waals surface area (Å²) in [4.78, 5) is 10.9. The monoisotopic (exact) mass is 873 g/mol. The zero-order chi connectivity index (χ0) is 46.3. The predicted molar refractivity (Wildman–Crippen MR) is 282 cm³/mol. The van der Waals surface area contributed by atoms with Crippen molar-refractivity contribution < 1.29 is 4.42 Å². The minimum Gasteiger partial charge on any atom is -0.456 e. The summed E-state index contributed by atoms with van der Waals surface area (Å²) in [5.41, 5.74) is 19.0. The van der Waals surface area contributed by atoms with Crippen molar-refractivity contribution in [1.29, 1.82) is 0 Å². The van der Waals surface area contributed by atoms with E-state index >= 15 is 0 Å². The van der Waals surface area contributed by atoms with Crippen molar-refractivity contribution in [3.63, 3.8) is 0 Å². The highest BCUT2D eigenvalue weighted by Crippen LogP contribution is 2.49. The summed E-state index contributed by atoms with van der Waals surface area (Å²) in [6, 6.07) is 44.1. The first-order valence-corrected chi connectivity index (χ1v) is 24.3. The van der Waals surface area contributed by atoms with Gasteiger partial charge in [-0.2, -0.15) is 0 Å². The number of hydrogen-bond donors (Lipinski definition) is 0. The average Bonchev–Trinajstić information content (AvgIpc) is 3.83. The molecule has 330 valence electrons. The largest absolute Gasteiger partial charge is 0.456 e. The Balaban J connectivity index is 1.27. The molecule has 2 aliphatic rings. The van der Waals surface area contributed by atoms with Crippen molar-refractivity contribution in [1.82, 2.24) is 4.98 Å². The van der Waals surface area contributed by atoms with Crippen LogP contribution in [0, 0.1) is 0 Å². The Labute approximate surface area is 391 Å². The van der Waals surface area contributed by atoms with Crippen molar-refractivity contribution in [2.24, 2.45) is 0 Å². The lowest BCUT2D eigenvalue weighted by Crippen LogP contribution is -2.62. The quantitative estimate of drug-likeness (QED) is 0.166. The molecule has 0 aliphatic carbocycles. The smallest absolute Gasteiger partial charge is 0.276 e. The second-order valence-electron chi connectivity index (χ2n) is 23.9. The SMILES string of the molecule is CC(C)(C)c1ccc(N2c3ccc(C(C)(C)C)cc3B3c4nc(-c5ccc6oc7ccc(C(C)(C)C)cc7c6c5)sc4N(c4ccc(C(C)(C)C)cc4)c4cc(C(C)(C)C)cc2c43)cc1. The molecule has 0 fully saturated rings. The normalized spacial score (nSPS) is 14.3. The standard InChI is InChI=1S/C59H64BN3OS/c1-55(2,3)36-17-23-41(24-18-36)62-46-27-21-39(58(10,11)12)32-45(46)60-51-47(62)33-40(59(13,14)15)34-48(51)63(42-25-19-37(20-26-42)56(4,5)6)54-52(60)61-53(65-54)35-16-28-49-43(30-35)44-31-38(57(7,8)9)22-29-50(44)64-49/h16-34H,1-15H3. The van der Waals surface area contributed by atoms with Gasteiger partial charge in [0.05, 0.1) is 5.59 Å². The van der Waals surface area contributed by atoms with Gasteiger partial charge in [-0.1, -0.05) is 158 Å². The zero-order valence-corrected chi connectivity index (χ0v) is 42.0. The van der Waals surface area contributed by atoms with E-state index in [1.54, 1.807) is 0 Å². The highest BCUT2D eigenvalue weighted by molar-refractivity contribution is 7.22. The van der Waals surface area contributed by atoms with Crippen LogP contribution in [0.2, 0.25) is 0 Å². The number of benzene rings is 6. The number of anilines is 6. The van der Waals surface area contributed by atoms with Crippen molar-refractivity contribution in [2.45, 2.75) is 131 Å². The van der Waals surface area contributed by atoms with Gasteiger partial charge in [-0.25, -0.2) is 4.98 Å². The molecule has 0 amide bonds. The van der Waals surface area contributed by atoms with Gasteiger partial charge >= 0.3 is 0 Å². The Hall–Kier alpha value is -5.59. The van der Waals surface area contributed by atoms with E-state index in [0.717, 1.165) is 49.5 Å². The van der Waals surface area contributed by atoms with Gasteiger partial charge in [-0.15, -0.1) is 0 Å². The Bertz CT molecular complexity index is 3170. The molecule has 10 rings (SSSR count). The first kappa shape index (κ1) is 43.3. The Morgan fingerprint density at radius 2 is 0.908 bits per heavy atom. The third-order valence-electron chi connectivity index (χ3n) is 13.9. The van der Waals surface area contributed by atoms with E-state index in [9.17, 15) is 0 Å². The van der Waals surface area contributed by atoms with Gasteiger partial charge in [-0.3, -0.25) is 0 Å². The van der Waals surface area contributed by atoms with Crippen LogP contribution in [0.4, 0.5) is 33.4 Å². The predicted octanol–water partition coefficient (Wildman–Crippen LogP) is 15.3. The summed E-state index contributed by atoms with van der Waals surface area (Å²) < 4.78 is 6.45. The minimum atomic E-state index is -0.115. The molecular weight excluding hydrogens is 810 g/mol. The lowest BCUT2D eigenvalue weighted by Gasteiger charge is -2.44. The van der Waals surface area contributed by atoms with Gasteiger partial charge in [0.1, 0.15) is 21.2 Å². The molecule has 4 nitrogen and oxygen atoms in total. The first-order chi connectivity index (χ1) is 30.4. The fourth-order valence-electron chi connectivity index (χ4n) is 9.78. The van der Waals surface area contributed by atoms with Crippen LogP contribution in [0.1, 0.15) is 132 Å². The molecule has 0 unspecified atom stereocenters. The van der Waals surface area contributed by atoms with Crippen LogP contribution < -0.4 is 26.3 Å². The van der Waals surface area contributed by atoms with Gasteiger partial charge in [0.15, 0.2) is 0 Å². The van der Waals surface area contributed by atoms with Crippen molar-refractivity contribution in [3.8, 4) is 10.6 Å². The number of furan rings is 1. The van der Waals surface area contributed by atoms with Crippen LogP contribution in [0.3, 0.4) is 0 Å². The molecule has 6 heteroatoms. The molecule has 0 radical (unpaired) electrons. The van der Waals surface area contributed by atoms with E-state index in [-0.39, 0.29) is 33.8 Å². The third kappa shape index (κ3) is 7.32.